The van der Waals surface area contributed by atoms with Crippen LogP contribution in [0.2, 0.25) is 0 Å². The van der Waals surface area contributed by atoms with E-state index in [4.69, 9.17) is 4.74 Å². The van der Waals surface area contributed by atoms with E-state index in [9.17, 15) is 18.3 Å². The zero-order chi connectivity index (χ0) is 40.8. The molecule has 1 aromatic rings. The third-order valence-electron chi connectivity index (χ3n) is 18.5. The molecular weight excluding hydrogens is 737 g/mol. The first kappa shape index (κ1) is 41.2. The van der Waals surface area contributed by atoms with Crippen molar-refractivity contribution in [2.75, 3.05) is 44.3 Å². The van der Waals surface area contributed by atoms with Gasteiger partial charge in [0.05, 0.1) is 11.5 Å². The molecule has 1 saturated heterocycles. The number of fused-ring (bicyclic) bond motifs is 7. The van der Waals surface area contributed by atoms with Crippen LogP contribution in [0.25, 0.3) is 0 Å². The highest BCUT2D eigenvalue weighted by Gasteiger charge is 2.70. The Bertz CT molecular complexity index is 1930. The number of carboxylic acid groups (broad SMARTS) is 1. The van der Waals surface area contributed by atoms with E-state index in [0.29, 0.717) is 67.0 Å². The van der Waals surface area contributed by atoms with Crippen LogP contribution in [-0.2, 0) is 21.7 Å². The number of aliphatic carboxylic acids is 1. The van der Waals surface area contributed by atoms with Gasteiger partial charge in [0, 0.05) is 38.8 Å². The molecule has 0 radical (unpaired) electrons. The highest BCUT2D eigenvalue weighted by Crippen LogP contribution is 2.76. The molecule has 7 aliphatic rings. The number of tetrazole rings is 1. The maximum Gasteiger partial charge on any atom is 0.335 e. The Morgan fingerprint density at radius 1 is 0.965 bits per heavy atom. The molecule has 1 aromatic heterocycles. The maximum absolute atomic E-state index is 12.7. The van der Waals surface area contributed by atoms with Crippen molar-refractivity contribution in [1.29, 1.82) is 0 Å². The molecule has 0 bridgehead atoms. The van der Waals surface area contributed by atoms with E-state index in [1.165, 1.54) is 72.8 Å². The van der Waals surface area contributed by atoms with E-state index in [2.05, 4.69) is 86.0 Å². The smallest absolute Gasteiger partial charge is 0.335 e. The van der Waals surface area contributed by atoms with E-state index in [1.807, 2.05) is 0 Å². The molecule has 10 atom stereocenters. The van der Waals surface area contributed by atoms with E-state index in [-0.39, 0.29) is 39.8 Å². The van der Waals surface area contributed by atoms with Crippen LogP contribution >= 0.6 is 0 Å². The van der Waals surface area contributed by atoms with Crippen molar-refractivity contribution in [3.05, 3.63) is 35.5 Å². The van der Waals surface area contributed by atoms with Gasteiger partial charge in [-0.3, -0.25) is 4.79 Å². The molecule has 11 nitrogen and oxygen atoms in total. The topological polar surface area (TPSA) is 140 Å². The molecule has 12 heteroatoms. The first-order chi connectivity index (χ1) is 26.8. The molecule has 0 aromatic carbocycles. The zero-order valence-electron chi connectivity index (χ0n) is 35.9. The van der Waals surface area contributed by atoms with Crippen molar-refractivity contribution in [1.82, 2.24) is 30.4 Å². The van der Waals surface area contributed by atoms with Crippen molar-refractivity contribution < 1.29 is 23.1 Å². The van der Waals surface area contributed by atoms with Crippen LogP contribution in [0.4, 0.5) is 0 Å². The van der Waals surface area contributed by atoms with Gasteiger partial charge in [-0.25, -0.2) is 8.42 Å². The normalized spacial score (nSPS) is 42.4. The Hall–Kier alpha value is -2.57. The Labute approximate surface area is 341 Å². The fourth-order valence-electron chi connectivity index (χ4n) is 15.1. The van der Waals surface area contributed by atoms with E-state index >= 15 is 0 Å². The number of carbonyl (C=O) groups is 1. The molecule has 4 saturated carbocycles. The molecule has 5 fully saturated rings. The van der Waals surface area contributed by atoms with Gasteiger partial charge in [-0.15, -0.1) is 0 Å². The standard InChI is InChI=1S/C45H70N6O5S/c1-30(2)32-13-20-45(46-23-24-51-25-27-57(54,55)28-26-51)22-21-42(6)34(37(32)45)9-10-36-41(5)16-14-33(40(3,4)35(41)15-17-43(36,42)7)31-11-18-44(19-12-31,38(52)53)29-56-39-47-48-49-50(39)8/h11,14,32,34-37,46H,1,9-10,12-13,15-29H2,2-8H3,(H,52,53)/t32-,34+,35-,36+,37+,41-,42+,43+,44?,45-/m0/s1. The summed E-state index contributed by atoms with van der Waals surface area (Å²) in [7, 11) is -1.18. The lowest BCUT2D eigenvalue weighted by atomic mass is 9.33. The van der Waals surface area contributed by atoms with Gasteiger partial charge in [0.1, 0.15) is 12.0 Å². The minimum atomic E-state index is -2.88. The van der Waals surface area contributed by atoms with Crippen LogP contribution < -0.4 is 10.1 Å². The SMILES string of the molecule is C=C(C)[C@@H]1CC[C@]2(NCCN3CCS(=O)(=O)CC3)CC[C@]3(C)[C@H](CC[C@@H]4[C@@]5(C)CC=C(C6=CCC(COc7nnnn7C)(C(=O)O)CC6)C(C)(C)[C@@H]5CC[C@]43C)[C@@H]12. The summed E-state index contributed by atoms with van der Waals surface area (Å²) in [5.41, 5.74) is 3.96. The number of nitrogens with zero attached hydrogens (tertiary/aromatic N) is 5. The number of aromatic nitrogens is 4. The molecule has 8 rings (SSSR count). The van der Waals surface area contributed by atoms with Crippen LogP contribution in [0, 0.1) is 56.7 Å². The summed E-state index contributed by atoms with van der Waals surface area (Å²) in [6.45, 7) is 23.1. The summed E-state index contributed by atoms with van der Waals surface area (Å²) >= 11 is 0. The zero-order valence-corrected chi connectivity index (χ0v) is 36.7. The summed E-state index contributed by atoms with van der Waals surface area (Å²) in [6, 6.07) is 0.238. The number of carboxylic acids is 1. The van der Waals surface area contributed by atoms with Gasteiger partial charge >= 0.3 is 12.0 Å². The number of nitrogens with one attached hydrogen (secondary N) is 1. The Morgan fingerprint density at radius 3 is 2.37 bits per heavy atom. The van der Waals surface area contributed by atoms with Gasteiger partial charge in [-0.2, -0.15) is 4.68 Å². The fraction of sp³-hybridized carbons (Fsp3) is 0.822. The average molecular weight is 807 g/mol. The van der Waals surface area contributed by atoms with Gasteiger partial charge in [0.15, 0.2) is 9.84 Å². The summed E-state index contributed by atoms with van der Waals surface area (Å²) in [5.74, 6) is 2.76. The van der Waals surface area contributed by atoms with Crippen LogP contribution in [0.1, 0.15) is 119 Å². The predicted molar refractivity (Wildman–Crippen MR) is 222 cm³/mol. The Morgan fingerprint density at radius 2 is 1.72 bits per heavy atom. The van der Waals surface area contributed by atoms with Crippen molar-refractivity contribution in [2.24, 2.45) is 63.7 Å². The minimum Gasteiger partial charge on any atom is -0.481 e. The second-order valence-corrected chi connectivity index (χ2v) is 23.5. The first-order valence-electron chi connectivity index (χ1n) is 22.1. The molecule has 57 heavy (non-hydrogen) atoms. The molecule has 1 unspecified atom stereocenters. The predicted octanol–water partition coefficient (Wildman–Crippen LogP) is 7.04. The number of sulfone groups is 1. The van der Waals surface area contributed by atoms with Crippen molar-refractivity contribution >= 4 is 15.8 Å². The third-order valence-corrected chi connectivity index (χ3v) is 20.1. The maximum atomic E-state index is 12.7. The molecule has 1 aliphatic heterocycles. The molecule has 2 heterocycles. The Kier molecular flexibility index (Phi) is 10.3. The van der Waals surface area contributed by atoms with Crippen LogP contribution in [0.3, 0.4) is 0 Å². The second-order valence-electron chi connectivity index (χ2n) is 21.2. The van der Waals surface area contributed by atoms with Gasteiger partial charge in [0.2, 0.25) is 0 Å². The molecule has 0 spiro atoms. The van der Waals surface area contributed by atoms with Crippen LogP contribution in [0.5, 0.6) is 6.01 Å². The monoisotopic (exact) mass is 807 g/mol. The lowest BCUT2D eigenvalue weighted by Gasteiger charge is -2.72. The summed E-state index contributed by atoms with van der Waals surface area (Å²) < 4.78 is 31.4. The highest BCUT2D eigenvalue weighted by molar-refractivity contribution is 7.91. The van der Waals surface area contributed by atoms with Crippen molar-refractivity contribution in [2.45, 2.75) is 124 Å². The number of rotatable bonds is 10. The quantitative estimate of drug-likeness (QED) is 0.237. The third kappa shape index (κ3) is 6.50. The van der Waals surface area contributed by atoms with Crippen LogP contribution in [-0.4, -0.2) is 94.4 Å². The number of ether oxygens (including phenoxy) is 1. The lowest BCUT2D eigenvalue weighted by molar-refractivity contribution is -0.221. The van der Waals surface area contributed by atoms with Gasteiger partial charge in [-0.05, 0) is 157 Å². The molecular formula is C45H70N6O5S. The van der Waals surface area contributed by atoms with E-state index < -0.39 is 21.2 Å². The minimum absolute atomic E-state index is 0.0113. The van der Waals surface area contributed by atoms with Crippen molar-refractivity contribution in [3.8, 4) is 6.01 Å². The lowest BCUT2D eigenvalue weighted by Crippen LogP contribution is -2.68. The van der Waals surface area contributed by atoms with E-state index in [1.54, 1.807) is 7.05 Å². The number of aryl methyl sites for hydroxylation is 1. The van der Waals surface area contributed by atoms with Gasteiger partial charge < -0.3 is 20.1 Å². The molecule has 0 amide bonds. The molecule has 6 aliphatic carbocycles. The van der Waals surface area contributed by atoms with Crippen molar-refractivity contribution in [3.63, 3.8) is 0 Å². The molecule has 316 valence electrons. The van der Waals surface area contributed by atoms with Gasteiger partial charge in [-0.1, -0.05) is 64.0 Å². The van der Waals surface area contributed by atoms with E-state index in [0.717, 1.165) is 25.9 Å². The van der Waals surface area contributed by atoms with Gasteiger partial charge in [0.25, 0.3) is 0 Å². The largest absolute Gasteiger partial charge is 0.481 e. The average Bonchev–Trinajstić information content (AvgIpc) is 3.75. The summed E-state index contributed by atoms with van der Waals surface area (Å²) in [5, 5.41) is 26.0. The first-order valence-corrected chi connectivity index (χ1v) is 23.9. The highest BCUT2D eigenvalue weighted by atomic mass is 32.2. The summed E-state index contributed by atoms with van der Waals surface area (Å²) in [6.07, 6.45) is 17.5. The fourth-order valence-corrected chi connectivity index (χ4v) is 16.4. The number of hydrogen-bond donors (Lipinski definition) is 2. The number of hydrogen-bond acceptors (Lipinski definition) is 9. The Balaban J connectivity index is 1.01. The molecule has 2 N–H and O–H groups in total. The van der Waals surface area contributed by atoms with Crippen LogP contribution in [0.15, 0.2) is 35.5 Å². The summed E-state index contributed by atoms with van der Waals surface area (Å²) in [4.78, 5) is 15.0. The number of allylic oxidation sites excluding steroid dienone is 5. The second kappa shape index (κ2) is 14.3.